The number of amides is 4. The van der Waals surface area contributed by atoms with Crippen LogP contribution in [0.25, 0.3) is 0 Å². The fraction of sp³-hybridized carbons (Fsp3) is 0.354. The molecule has 4 bridgehead atoms. The number of aryl methyl sites for hydroxylation is 2. The SMILES string of the molecule is CC(=O)N[C@H]1CC(=O)N2CCCC(CCOc3ccc(C)c(c3)CNC(=O)C(c3cnn(CCCSC(c4ccccc4)(c4ccccc4)c4ccccc4)c3)NC1=O)C2. The van der Waals surface area contributed by atoms with Crippen LogP contribution in [0.4, 0.5) is 0 Å². The molecule has 11 nitrogen and oxygen atoms in total. The number of carbonyl (C=O) groups is 4. The molecule has 312 valence electrons. The number of nitrogens with one attached hydrogen (secondary N) is 3. The number of hydrogen-bond acceptors (Lipinski definition) is 7. The van der Waals surface area contributed by atoms with E-state index in [1.165, 1.54) is 23.6 Å². The second-order valence-corrected chi connectivity index (χ2v) is 17.0. The third kappa shape index (κ3) is 10.3. The van der Waals surface area contributed by atoms with Crippen LogP contribution < -0.4 is 20.7 Å². The first-order valence-corrected chi connectivity index (χ1v) is 21.9. The molecule has 1 fully saturated rings. The highest BCUT2D eigenvalue weighted by atomic mass is 32.2. The number of carbonyl (C=O) groups excluding carboxylic acids is 4. The molecule has 2 aliphatic heterocycles. The van der Waals surface area contributed by atoms with Gasteiger partial charge in [0.25, 0.3) is 0 Å². The van der Waals surface area contributed by atoms with E-state index in [4.69, 9.17) is 4.74 Å². The van der Waals surface area contributed by atoms with E-state index in [9.17, 15) is 19.2 Å². The van der Waals surface area contributed by atoms with Crippen LogP contribution in [-0.4, -0.2) is 69.8 Å². The second-order valence-electron chi connectivity index (χ2n) is 15.7. The Morgan fingerprint density at radius 3 is 2.22 bits per heavy atom. The number of piperidine rings is 1. The van der Waals surface area contributed by atoms with Gasteiger partial charge in [0.15, 0.2) is 0 Å². The number of hydrogen-bond donors (Lipinski definition) is 3. The standard InChI is InChI=1S/C48H54N6O5S/c1-34-21-22-42-28-37(34)30-49-47(58)45(52-46(57)43(51-35(2)55)29-44(56)53-24-12-14-36(32-53)23-26-59-42)38-31-50-54(33-38)25-13-27-60-48(39-15-6-3-7-16-39,40-17-8-4-9-18-40)41-19-10-5-11-20-41/h3-11,15-22,28,31,33,36,43,45H,12-14,23-27,29-30,32H2,1-2H3,(H,49,58)(H,51,55)(H,52,57)/t36?,43-,45?/m0/s1. The van der Waals surface area contributed by atoms with E-state index in [0.717, 1.165) is 42.6 Å². The summed E-state index contributed by atoms with van der Waals surface area (Å²) in [5.41, 5.74) is 5.94. The average Bonchev–Trinajstić information content (AvgIpc) is 3.74. The first kappa shape index (κ1) is 42.3. The molecule has 4 aromatic carbocycles. The van der Waals surface area contributed by atoms with E-state index >= 15 is 0 Å². The van der Waals surface area contributed by atoms with Crippen molar-refractivity contribution in [3.63, 3.8) is 0 Å². The van der Waals surface area contributed by atoms with Gasteiger partial charge in [-0.1, -0.05) is 97.1 Å². The van der Waals surface area contributed by atoms with Gasteiger partial charge in [0.2, 0.25) is 23.6 Å². The summed E-state index contributed by atoms with van der Waals surface area (Å²) in [6, 6.07) is 35.2. The fourth-order valence-electron chi connectivity index (χ4n) is 8.26. The Morgan fingerprint density at radius 2 is 1.57 bits per heavy atom. The minimum absolute atomic E-state index is 0.205. The fourth-order valence-corrected chi connectivity index (χ4v) is 9.74. The molecule has 3 heterocycles. The minimum atomic E-state index is -1.17. The predicted octanol–water partition coefficient (Wildman–Crippen LogP) is 6.70. The number of thioether (sulfide) groups is 1. The van der Waals surface area contributed by atoms with Gasteiger partial charge < -0.3 is 25.6 Å². The van der Waals surface area contributed by atoms with Gasteiger partial charge in [0.1, 0.15) is 17.8 Å². The van der Waals surface area contributed by atoms with Gasteiger partial charge in [0, 0.05) is 44.9 Å². The molecule has 60 heavy (non-hydrogen) atoms. The summed E-state index contributed by atoms with van der Waals surface area (Å²) >= 11 is 1.87. The molecule has 12 heteroatoms. The van der Waals surface area contributed by atoms with Crippen molar-refractivity contribution in [3.8, 4) is 5.75 Å². The zero-order chi connectivity index (χ0) is 41.9. The van der Waals surface area contributed by atoms with Crippen molar-refractivity contribution >= 4 is 35.4 Å². The van der Waals surface area contributed by atoms with Crippen LogP contribution in [0.1, 0.15) is 78.5 Å². The molecular weight excluding hydrogens is 773 g/mol. The van der Waals surface area contributed by atoms with Gasteiger partial charge in [-0.15, -0.1) is 11.8 Å². The predicted molar refractivity (Wildman–Crippen MR) is 234 cm³/mol. The number of aromatic nitrogens is 2. The highest BCUT2D eigenvalue weighted by Crippen LogP contribution is 2.48. The molecule has 1 aromatic heterocycles. The summed E-state index contributed by atoms with van der Waals surface area (Å²) < 4.78 is 7.50. The molecule has 2 unspecified atom stereocenters. The Morgan fingerprint density at radius 1 is 0.900 bits per heavy atom. The van der Waals surface area contributed by atoms with Crippen molar-refractivity contribution in [2.75, 3.05) is 25.4 Å². The normalized spacial score (nSPS) is 19.3. The smallest absolute Gasteiger partial charge is 0.247 e. The van der Waals surface area contributed by atoms with Gasteiger partial charge >= 0.3 is 0 Å². The van der Waals surface area contributed by atoms with E-state index in [2.05, 4.69) is 93.8 Å². The van der Waals surface area contributed by atoms with E-state index in [0.29, 0.717) is 37.6 Å². The van der Waals surface area contributed by atoms with Gasteiger partial charge in [-0.3, -0.25) is 23.9 Å². The largest absolute Gasteiger partial charge is 0.494 e. The quantitative estimate of drug-likeness (QED) is 0.106. The van der Waals surface area contributed by atoms with Crippen molar-refractivity contribution in [3.05, 3.63) is 155 Å². The first-order valence-electron chi connectivity index (χ1n) is 20.9. The summed E-state index contributed by atoms with van der Waals surface area (Å²) in [6.07, 6.45) is 6.54. The average molecular weight is 827 g/mol. The molecular formula is C48H54N6O5S. The zero-order valence-corrected chi connectivity index (χ0v) is 35.2. The maximum Gasteiger partial charge on any atom is 0.247 e. The molecule has 0 saturated carbocycles. The molecule has 0 radical (unpaired) electrons. The Kier molecular flexibility index (Phi) is 14.0. The molecule has 7 rings (SSSR count). The highest BCUT2D eigenvalue weighted by Gasteiger charge is 2.37. The number of fused-ring (bicyclic) bond motifs is 4. The van der Waals surface area contributed by atoms with Crippen LogP contribution in [0.15, 0.2) is 122 Å². The lowest BCUT2D eigenvalue weighted by Gasteiger charge is -2.35. The maximum atomic E-state index is 14.1. The molecule has 1 saturated heterocycles. The third-order valence-electron chi connectivity index (χ3n) is 11.4. The summed E-state index contributed by atoms with van der Waals surface area (Å²) in [7, 11) is 0. The number of ether oxygens (including phenoxy) is 1. The minimum Gasteiger partial charge on any atom is -0.494 e. The van der Waals surface area contributed by atoms with Gasteiger partial charge in [0.05, 0.1) is 24.0 Å². The van der Waals surface area contributed by atoms with Crippen LogP contribution in [0, 0.1) is 12.8 Å². The van der Waals surface area contributed by atoms with E-state index in [1.54, 1.807) is 22.0 Å². The molecule has 2 aliphatic rings. The summed E-state index contributed by atoms with van der Waals surface area (Å²) in [5, 5.41) is 13.2. The lowest BCUT2D eigenvalue weighted by molar-refractivity contribution is -0.138. The van der Waals surface area contributed by atoms with Crippen molar-refractivity contribution in [2.45, 2.75) is 75.9 Å². The van der Waals surface area contributed by atoms with E-state index in [1.807, 2.05) is 55.1 Å². The van der Waals surface area contributed by atoms with Crippen LogP contribution in [0.5, 0.6) is 5.75 Å². The van der Waals surface area contributed by atoms with E-state index in [-0.39, 0.29) is 24.8 Å². The summed E-state index contributed by atoms with van der Waals surface area (Å²) in [6.45, 7) is 5.70. The zero-order valence-electron chi connectivity index (χ0n) is 34.3. The van der Waals surface area contributed by atoms with Crippen molar-refractivity contribution in [1.82, 2.24) is 30.6 Å². The van der Waals surface area contributed by atoms with Crippen LogP contribution in [-0.2, 0) is 37.0 Å². The Labute approximate surface area is 356 Å². The Bertz CT molecular complexity index is 2140. The number of nitrogens with zero attached hydrogens (tertiary/aromatic N) is 3. The monoisotopic (exact) mass is 826 g/mol. The topological polar surface area (TPSA) is 135 Å². The second kappa shape index (κ2) is 19.9. The molecule has 3 N–H and O–H groups in total. The molecule has 5 aromatic rings. The van der Waals surface area contributed by atoms with E-state index < -0.39 is 34.6 Å². The first-order chi connectivity index (χ1) is 29.2. The van der Waals surface area contributed by atoms with Crippen LogP contribution >= 0.6 is 11.8 Å². The van der Waals surface area contributed by atoms with Crippen molar-refractivity contribution in [1.29, 1.82) is 0 Å². The van der Waals surface area contributed by atoms with Crippen molar-refractivity contribution in [2.24, 2.45) is 5.92 Å². The molecule has 0 aliphatic carbocycles. The molecule has 0 spiro atoms. The highest BCUT2D eigenvalue weighted by molar-refractivity contribution is 8.00. The Hall–Kier alpha value is -5.88. The maximum absolute atomic E-state index is 14.1. The summed E-state index contributed by atoms with van der Waals surface area (Å²) in [5.74, 6) is 0.0284. The number of rotatable bonds is 10. The van der Waals surface area contributed by atoms with Gasteiger partial charge in [-0.25, -0.2) is 0 Å². The van der Waals surface area contributed by atoms with Crippen LogP contribution in [0.2, 0.25) is 0 Å². The summed E-state index contributed by atoms with van der Waals surface area (Å²) in [4.78, 5) is 55.9. The van der Waals surface area contributed by atoms with Gasteiger partial charge in [-0.05, 0) is 84.2 Å². The lowest BCUT2D eigenvalue weighted by Crippen LogP contribution is -2.52. The van der Waals surface area contributed by atoms with Crippen molar-refractivity contribution < 1.29 is 23.9 Å². The lowest BCUT2D eigenvalue weighted by atomic mass is 9.84. The number of benzene rings is 4. The third-order valence-corrected chi connectivity index (χ3v) is 13.1. The molecule has 3 atom stereocenters. The van der Waals surface area contributed by atoms with Crippen LogP contribution in [0.3, 0.4) is 0 Å². The molecule has 4 amide bonds. The van der Waals surface area contributed by atoms with Gasteiger partial charge in [-0.2, -0.15) is 5.10 Å². The Balaban J connectivity index is 1.12.